The van der Waals surface area contributed by atoms with Crippen molar-refractivity contribution in [3.8, 4) is 11.5 Å². The maximum absolute atomic E-state index is 13.7. The number of carboxylic acid groups (broad SMARTS) is 1. The average Bonchev–Trinajstić information content (AvgIpc) is 3.21. The number of allylic oxidation sites excluding steroid dienone is 1. The number of benzene rings is 2. The second-order valence-corrected chi connectivity index (χ2v) is 9.40. The maximum Gasteiger partial charge on any atom is 0.338 e. The summed E-state index contributed by atoms with van der Waals surface area (Å²) in [5, 5.41) is 12.4. The molecule has 4 rings (SSSR count). The molecule has 0 radical (unpaired) electrons. The minimum absolute atomic E-state index is 0.121. The SMILES string of the molecule is CCOC(=O)C1=C(C)N=c2s/c(=C\Nc3cc(C(=O)O)ccc3C)c(=O)n2[C@H]1c1ccc(OC)c(OC)c1. The van der Waals surface area contributed by atoms with Crippen LogP contribution in [0.25, 0.3) is 6.20 Å². The zero-order valence-corrected chi connectivity index (χ0v) is 22.3. The molecule has 11 heteroatoms. The van der Waals surface area contributed by atoms with E-state index in [-0.39, 0.29) is 23.3 Å². The van der Waals surface area contributed by atoms with Gasteiger partial charge in [-0.3, -0.25) is 9.36 Å². The number of carbonyl (C=O) groups excluding carboxylic acids is 1. The second kappa shape index (κ2) is 10.9. The van der Waals surface area contributed by atoms with Gasteiger partial charge in [0, 0.05) is 11.9 Å². The van der Waals surface area contributed by atoms with E-state index in [0.717, 1.165) is 16.9 Å². The van der Waals surface area contributed by atoms with Crippen molar-refractivity contribution in [3.63, 3.8) is 0 Å². The predicted molar refractivity (Wildman–Crippen MR) is 143 cm³/mol. The molecule has 0 amide bonds. The number of nitrogens with zero attached hydrogens (tertiary/aromatic N) is 2. The van der Waals surface area contributed by atoms with E-state index in [1.165, 1.54) is 37.1 Å². The Morgan fingerprint density at radius 1 is 1.13 bits per heavy atom. The number of thiazole rings is 1. The van der Waals surface area contributed by atoms with Crippen LogP contribution in [-0.2, 0) is 9.53 Å². The fourth-order valence-electron chi connectivity index (χ4n) is 4.18. The Kier molecular flexibility index (Phi) is 7.67. The molecule has 10 nitrogen and oxygen atoms in total. The van der Waals surface area contributed by atoms with E-state index in [1.807, 2.05) is 6.92 Å². The minimum Gasteiger partial charge on any atom is -0.493 e. The highest BCUT2D eigenvalue weighted by atomic mass is 32.1. The standard InChI is InChI=1S/C27H27N3O7S/c1-6-37-26(34)22-15(3)29-27-30(23(22)16-9-10-19(35-4)20(12-16)36-5)24(31)21(38-27)13-28-18-11-17(25(32)33)8-7-14(18)2/h7-13,23,28H,6H2,1-5H3,(H,32,33)/b21-13-/t23-/m0/s1. The molecule has 38 heavy (non-hydrogen) atoms. The zero-order valence-electron chi connectivity index (χ0n) is 21.5. The number of hydrogen-bond acceptors (Lipinski definition) is 9. The third-order valence-corrected chi connectivity index (χ3v) is 7.07. The quantitative estimate of drug-likeness (QED) is 0.420. The predicted octanol–water partition coefficient (Wildman–Crippen LogP) is 2.84. The third kappa shape index (κ3) is 4.92. The number of carbonyl (C=O) groups is 2. The van der Waals surface area contributed by atoms with Crippen LogP contribution >= 0.6 is 11.3 Å². The van der Waals surface area contributed by atoms with Gasteiger partial charge in [-0.2, -0.15) is 0 Å². The summed E-state index contributed by atoms with van der Waals surface area (Å²) in [6, 6.07) is 9.08. The topological polar surface area (TPSA) is 128 Å². The number of nitrogens with one attached hydrogen (secondary N) is 1. The number of methoxy groups -OCH3 is 2. The highest BCUT2D eigenvalue weighted by Crippen LogP contribution is 2.36. The fourth-order valence-corrected chi connectivity index (χ4v) is 5.15. The van der Waals surface area contributed by atoms with Crippen LogP contribution in [0.2, 0.25) is 0 Å². The lowest BCUT2D eigenvalue weighted by Gasteiger charge is -2.25. The summed E-state index contributed by atoms with van der Waals surface area (Å²) in [4.78, 5) is 43.1. The van der Waals surface area contributed by atoms with Crippen LogP contribution in [0, 0.1) is 6.92 Å². The summed E-state index contributed by atoms with van der Waals surface area (Å²) in [5.74, 6) is -0.669. The van der Waals surface area contributed by atoms with E-state index in [1.54, 1.807) is 38.1 Å². The molecule has 198 valence electrons. The molecule has 1 aliphatic rings. The molecule has 0 fully saturated rings. The Hall–Kier alpha value is -4.38. The van der Waals surface area contributed by atoms with Crippen LogP contribution in [0.1, 0.15) is 41.4 Å². The number of esters is 1. The first kappa shape index (κ1) is 26.7. The number of aryl methyl sites for hydroxylation is 1. The molecule has 0 saturated carbocycles. The number of fused-ring (bicyclic) bond motifs is 1. The molecule has 2 heterocycles. The van der Waals surface area contributed by atoms with E-state index < -0.39 is 18.0 Å². The van der Waals surface area contributed by atoms with Gasteiger partial charge in [-0.25, -0.2) is 14.6 Å². The molecule has 1 aromatic heterocycles. The van der Waals surface area contributed by atoms with E-state index in [0.29, 0.717) is 37.8 Å². The minimum atomic E-state index is -1.05. The van der Waals surface area contributed by atoms with Crippen molar-refractivity contribution < 1.29 is 28.9 Å². The molecule has 0 spiro atoms. The molecule has 0 bridgehead atoms. The number of aromatic nitrogens is 1. The Balaban J connectivity index is 1.88. The van der Waals surface area contributed by atoms with Gasteiger partial charge in [-0.1, -0.05) is 23.5 Å². The van der Waals surface area contributed by atoms with Crippen LogP contribution in [0.5, 0.6) is 11.5 Å². The van der Waals surface area contributed by atoms with Gasteiger partial charge in [0.15, 0.2) is 16.3 Å². The van der Waals surface area contributed by atoms with Crippen molar-refractivity contribution in [1.29, 1.82) is 0 Å². The number of hydrogen-bond donors (Lipinski definition) is 2. The summed E-state index contributed by atoms with van der Waals surface area (Å²) in [5.41, 5.74) is 2.41. The summed E-state index contributed by atoms with van der Waals surface area (Å²) in [6.45, 7) is 5.41. The van der Waals surface area contributed by atoms with E-state index in [9.17, 15) is 19.5 Å². The number of ether oxygens (including phenoxy) is 3. The lowest BCUT2D eigenvalue weighted by Crippen LogP contribution is -2.40. The summed E-state index contributed by atoms with van der Waals surface area (Å²) >= 11 is 1.15. The van der Waals surface area contributed by atoms with E-state index >= 15 is 0 Å². The van der Waals surface area contributed by atoms with Gasteiger partial charge in [0.25, 0.3) is 5.56 Å². The van der Waals surface area contributed by atoms with Gasteiger partial charge in [-0.15, -0.1) is 0 Å². The first-order valence-corrected chi connectivity index (χ1v) is 12.5. The Bertz CT molecular complexity index is 1630. The maximum atomic E-state index is 13.7. The summed E-state index contributed by atoms with van der Waals surface area (Å²) in [7, 11) is 3.03. The molecular weight excluding hydrogens is 510 g/mol. The van der Waals surface area contributed by atoms with Crippen LogP contribution in [-0.4, -0.2) is 42.4 Å². The van der Waals surface area contributed by atoms with Crippen LogP contribution in [0.15, 0.2) is 57.5 Å². The largest absolute Gasteiger partial charge is 0.493 e. The van der Waals surface area contributed by atoms with Gasteiger partial charge in [0.1, 0.15) is 4.53 Å². The molecular formula is C27H27N3O7S. The lowest BCUT2D eigenvalue weighted by atomic mass is 9.95. The molecule has 1 aliphatic heterocycles. The Morgan fingerprint density at radius 2 is 1.87 bits per heavy atom. The molecule has 1 atom stereocenters. The molecule has 0 aliphatic carbocycles. The fraction of sp³-hybridized carbons (Fsp3) is 0.259. The highest BCUT2D eigenvalue weighted by Gasteiger charge is 2.34. The number of aromatic carboxylic acids is 1. The number of anilines is 1. The first-order chi connectivity index (χ1) is 18.2. The normalized spacial score (nSPS) is 15.0. The van der Waals surface area contributed by atoms with Gasteiger partial charge in [-0.05, 0) is 56.2 Å². The van der Waals surface area contributed by atoms with Gasteiger partial charge in [0.2, 0.25) is 0 Å². The number of carboxylic acids is 1. The highest BCUT2D eigenvalue weighted by molar-refractivity contribution is 7.07. The van der Waals surface area contributed by atoms with Crippen LogP contribution in [0.4, 0.5) is 5.69 Å². The van der Waals surface area contributed by atoms with Crippen molar-refractivity contribution in [2.75, 3.05) is 26.1 Å². The summed E-state index contributed by atoms with van der Waals surface area (Å²) < 4.78 is 17.9. The zero-order chi connectivity index (χ0) is 27.6. The monoisotopic (exact) mass is 537 g/mol. The summed E-state index contributed by atoms with van der Waals surface area (Å²) in [6.07, 6.45) is 1.52. The smallest absolute Gasteiger partial charge is 0.338 e. The average molecular weight is 538 g/mol. The van der Waals surface area contributed by atoms with Crippen molar-refractivity contribution in [3.05, 3.63) is 84.0 Å². The molecule has 2 aromatic carbocycles. The van der Waals surface area contributed by atoms with Crippen LogP contribution < -0.4 is 29.7 Å². The van der Waals surface area contributed by atoms with Gasteiger partial charge in [0.05, 0.1) is 43.7 Å². The first-order valence-electron chi connectivity index (χ1n) is 11.7. The van der Waals surface area contributed by atoms with Crippen LogP contribution in [0.3, 0.4) is 0 Å². The van der Waals surface area contributed by atoms with E-state index in [2.05, 4.69) is 10.3 Å². The number of rotatable bonds is 8. The van der Waals surface area contributed by atoms with Crippen molar-refractivity contribution in [1.82, 2.24) is 4.57 Å². The van der Waals surface area contributed by atoms with Crippen molar-refractivity contribution in [2.45, 2.75) is 26.8 Å². The third-order valence-electron chi connectivity index (χ3n) is 6.08. The van der Waals surface area contributed by atoms with Crippen molar-refractivity contribution in [2.24, 2.45) is 4.99 Å². The molecule has 3 aromatic rings. The Labute approximate surface area is 222 Å². The van der Waals surface area contributed by atoms with E-state index in [4.69, 9.17) is 14.2 Å². The van der Waals surface area contributed by atoms with Gasteiger partial charge < -0.3 is 24.6 Å². The lowest BCUT2D eigenvalue weighted by molar-refractivity contribution is -0.139. The Morgan fingerprint density at radius 3 is 2.53 bits per heavy atom. The molecule has 0 unspecified atom stereocenters. The van der Waals surface area contributed by atoms with Crippen molar-refractivity contribution >= 4 is 35.2 Å². The second-order valence-electron chi connectivity index (χ2n) is 8.40. The molecule has 2 N–H and O–H groups in total. The molecule has 0 saturated heterocycles. The van der Waals surface area contributed by atoms with Gasteiger partial charge >= 0.3 is 11.9 Å².